The van der Waals surface area contributed by atoms with Gasteiger partial charge in [0, 0.05) is 37.8 Å². The molecule has 3 aliphatic rings. The molecule has 142 valence electrons. The Hall–Kier alpha value is -2.43. The number of rotatable bonds is 1. The Morgan fingerprint density at radius 3 is 2.74 bits per heavy atom. The van der Waals surface area contributed by atoms with Crippen molar-refractivity contribution in [2.45, 2.75) is 45.4 Å². The second-order valence-corrected chi connectivity index (χ2v) is 7.30. The first kappa shape index (κ1) is 18.0. The standard InChI is InChI=1S/C22H25FN2O2/c1-2-27-22(26)25-11-8-15(9-12-25)19-7-10-24-21-14-17-3-5-18(23)13-16(17)4-6-20(19)21/h3,5,10,13H,2,4,6-9,11-12,14H2,1H3. The Bertz CT molecular complexity index is 844. The summed E-state index contributed by atoms with van der Waals surface area (Å²) in [4.78, 5) is 18.4. The van der Waals surface area contributed by atoms with Gasteiger partial charge in [-0.2, -0.15) is 0 Å². The lowest BCUT2D eigenvalue weighted by Gasteiger charge is -2.30. The van der Waals surface area contributed by atoms with E-state index in [1.165, 1.54) is 22.3 Å². The summed E-state index contributed by atoms with van der Waals surface area (Å²) >= 11 is 0. The number of likely N-dealkylation sites (tertiary alicyclic amines) is 1. The van der Waals surface area contributed by atoms with Crippen molar-refractivity contribution in [3.63, 3.8) is 0 Å². The number of piperidine rings is 1. The van der Waals surface area contributed by atoms with E-state index in [1.807, 2.05) is 19.2 Å². The van der Waals surface area contributed by atoms with Gasteiger partial charge in [-0.05, 0) is 67.0 Å². The van der Waals surface area contributed by atoms with Gasteiger partial charge in [-0.25, -0.2) is 9.18 Å². The SMILES string of the molecule is CCOC(=O)N1CCC(=C2CC=NC3=C2CCc2cc(F)ccc2C3)CC1. The molecule has 1 aromatic carbocycles. The topological polar surface area (TPSA) is 41.9 Å². The quantitative estimate of drug-likeness (QED) is 0.727. The number of ether oxygens (including phenoxy) is 1. The van der Waals surface area contributed by atoms with Gasteiger partial charge in [-0.1, -0.05) is 11.6 Å². The van der Waals surface area contributed by atoms with E-state index in [9.17, 15) is 9.18 Å². The molecule has 0 unspecified atom stereocenters. The number of allylic oxidation sites excluding steroid dienone is 3. The Labute approximate surface area is 159 Å². The molecule has 2 aliphatic heterocycles. The fourth-order valence-electron chi connectivity index (χ4n) is 4.34. The van der Waals surface area contributed by atoms with Crippen molar-refractivity contribution >= 4 is 12.3 Å². The van der Waals surface area contributed by atoms with Crippen LogP contribution >= 0.6 is 0 Å². The molecule has 4 rings (SSSR count). The van der Waals surface area contributed by atoms with Crippen molar-refractivity contribution in [2.24, 2.45) is 4.99 Å². The monoisotopic (exact) mass is 368 g/mol. The molecule has 5 heteroatoms. The average molecular weight is 368 g/mol. The lowest BCUT2D eigenvalue weighted by molar-refractivity contribution is 0.104. The van der Waals surface area contributed by atoms with E-state index in [-0.39, 0.29) is 11.9 Å². The fourth-order valence-corrected chi connectivity index (χ4v) is 4.34. The number of hydrogen-bond donors (Lipinski definition) is 0. The van der Waals surface area contributed by atoms with Crippen LogP contribution in [0.5, 0.6) is 0 Å². The minimum Gasteiger partial charge on any atom is -0.450 e. The van der Waals surface area contributed by atoms with Crippen LogP contribution in [0, 0.1) is 5.82 Å². The van der Waals surface area contributed by atoms with Crippen molar-refractivity contribution in [3.05, 3.63) is 57.6 Å². The molecule has 2 heterocycles. The zero-order chi connectivity index (χ0) is 18.8. The molecule has 1 amide bonds. The van der Waals surface area contributed by atoms with Crippen LogP contribution in [0.25, 0.3) is 0 Å². The van der Waals surface area contributed by atoms with E-state index < -0.39 is 0 Å². The number of carbonyl (C=O) groups is 1. The van der Waals surface area contributed by atoms with Crippen LogP contribution in [0.3, 0.4) is 0 Å². The highest BCUT2D eigenvalue weighted by Crippen LogP contribution is 2.37. The second-order valence-electron chi connectivity index (χ2n) is 7.30. The van der Waals surface area contributed by atoms with Crippen LogP contribution in [0.1, 0.15) is 43.7 Å². The molecule has 0 saturated carbocycles. The summed E-state index contributed by atoms with van der Waals surface area (Å²) in [7, 11) is 0. The van der Waals surface area contributed by atoms with E-state index in [4.69, 9.17) is 4.74 Å². The smallest absolute Gasteiger partial charge is 0.409 e. The van der Waals surface area contributed by atoms with Crippen LogP contribution in [0.2, 0.25) is 0 Å². The van der Waals surface area contributed by atoms with Gasteiger partial charge in [0.2, 0.25) is 0 Å². The summed E-state index contributed by atoms with van der Waals surface area (Å²) in [5.41, 5.74) is 7.58. The molecule has 4 nitrogen and oxygen atoms in total. The van der Waals surface area contributed by atoms with Gasteiger partial charge < -0.3 is 9.64 Å². The summed E-state index contributed by atoms with van der Waals surface area (Å²) in [6, 6.07) is 5.11. The molecule has 0 N–H and O–H groups in total. The molecule has 0 spiro atoms. The predicted molar refractivity (Wildman–Crippen MR) is 103 cm³/mol. The van der Waals surface area contributed by atoms with Gasteiger partial charge >= 0.3 is 6.09 Å². The summed E-state index contributed by atoms with van der Waals surface area (Å²) in [6.45, 7) is 3.67. The van der Waals surface area contributed by atoms with Crippen molar-refractivity contribution in [1.29, 1.82) is 0 Å². The fraction of sp³-hybridized carbons (Fsp3) is 0.455. The largest absolute Gasteiger partial charge is 0.450 e. The molecule has 1 aliphatic carbocycles. The third kappa shape index (κ3) is 3.68. The number of nitrogens with zero attached hydrogens (tertiary/aromatic N) is 2. The highest BCUT2D eigenvalue weighted by Gasteiger charge is 2.26. The molecule has 0 aromatic heterocycles. The third-order valence-electron chi connectivity index (χ3n) is 5.75. The molecular formula is C22H25FN2O2. The lowest BCUT2D eigenvalue weighted by Crippen LogP contribution is -2.37. The molecular weight excluding hydrogens is 343 g/mol. The number of aliphatic imine (C=N–C) groups is 1. The first-order valence-electron chi connectivity index (χ1n) is 9.80. The zero-order valence-corrected chi connectivity index (χ0v) is 15.8. The minimum absolute atomic E-state index is 0.165. The first-order valence-corrected chi connectivity index (χ1v) is 9.80. The van der Waals surface area contributed by atoms with Gasteiger partial charge in [0.05, 0.1) is 6.61 Å². The van der Waals surface area contributed by atoms with Crippen LogP contribution in [0.4, 0.5) is 9.18 Å². The molecule has 1 saturated heterocycles. The number of carbonyl (C=O) groups excluding carboxylic acids is 1. The van der Waals surface area contributed by atoms with Crippen LogP contribution in [0.15, 0.2) is 45.6 Å². The number of aryl methyl sites for hydroxylation is 1. The van der Waals surface area contributed by atoms with E-state index in [2.05, 4.69) is 4.99 Å². The van der Waals surface area contributed by atoms with E-state index in [0.29, 0.717) is 19.7 Å². The van der Waals surface area contributed by atoms with Crippen molar-refractivity contribution in [1.82, 2.24) is 4.90 Å². The van der Waals surface area contributed by atoms with Crippen LogP contribution in [-0.2, 0) is 17.6 Å². The van der Waals surface area contributed by atoms with E-state index >= 15 is 0 Å². The highest BCUT2D eigenvalue weighted by atomic mass is 19.1. The minimum atomic E-state index is -0.210. The molecule has 0 atom stereocenters. The lowest BCUT2D eigenvalue weighted by atomic mass is 9.87. The third-order valence-corrected chi connectivity index (χ3v) is 5.75. The summed E-state index contributed by atoms with van der Waals surface area (Å²) in [6.07, 6.45) is 6.97. The van der Waals surface area contributed by atoms with Gasteiger partial charge in [-0.15, -0.1) is 0 Å². The molecule has 0 bridgehead atoms. The maximum absolute atomic E-state index is 13.6. The Kier molecular flexibility index (Phi) is 5.10. The van der Waals surface area contributed by atoms with Crippen molar-refractivity contribution in [3.8, 4) is 0 Å². The Morgan fingerprint density at radius 1 is 1.15 bits per heavy atom. The van der Waals surface area contributed by atoms with Crippen molar-refractivity contribution < 1.29 is 13.9 Å². The second kappa shape index (κ2) is 7.67. The van der Waals surface area contributed by atoms with E-state index in [0.717, 1.165) is 49.8 Å². The van der Waals surface area contributed by atoms with Crippen LogP contribution < -0.4 is 0 Å². The molecule has 0 radical (unpaired) electrons. The van der Waals surface area contributed by atoms with Gasteiger partial charge in [0.25, 0.3) is 0 Å². The number of amides is 1. The first-order chi connectivity index (χ1) is 13.2. The molecule has 27 heavy (non-hydrogen) atoms. The average Bonchev–Trinajstić information content (AvgIpc) is 2.87. The van der Waals surface area contributed by atoms with Gasteiger partial charge in [0.1, 0.15) is 5.82 Å². The molecule has 1 aromatic rings. The Morgan fingerprint density at radius 2 is 1.96 bits per heavy atom. The summed E-state index contributed by atoms with van der Waals surface area (Å²) in [5.74, 6) is -0.165. The summed E-state index contributed by atoms with van der Waals surface area (Å²) in [5, 5.41) is 0. The summed E-state index contributed by atoms with van der Waals surface area (Å²) < 4.78 is 18.7. The van der Waals surface area contributed by atoms with Crippen molar-refractivity contribution in [2.75, 3.05) is 19.7 Å². The van der Waals surface area contributed by atoms with Gasteiger partial charge in [0.15, 0.2) is 0 Å². The zero-order valence-electron chi connectivity index (χ0n) is 15.8. The maximum atomic E-state index is 13.6. The van der Waals surface area contributed by atoms with Crippen LogP contribution in [-0.4, -0.2) is 36.9 Å². The highest BCUT2D eigenvalue weighted by molar-refractivity contribution is 5.71. The predicted octanol–water partition coefficient (Wildman–Crippen LogP) is 4.59. The maximum Gasteiger partial charge on any atom is 0.409 e. The number of hydrogen-bond acceptors (Lipinski definition) is 3. The van der Waals surface area contributed by atoms with E-state index in [1.54, 1.807) is 17.0 Å². The normalized spacial score (nSPS) is 19.6. The van der Waals surface area contributed by atoms with Gasteiger partial charge in [-0.3, -0.25) is 4.99 Å². The number of halogens is 1. The molecule has 1 fully saturated rings. The Balaban J connectivity index is 1.56. The number of fused-ring (bicyclic) bond motifs is 1. The number of benzene rings is 1.